The normalized spacial score (nSPS) is 10.5. The van der Waals surface area contributed by atoms with E-state index in [4.69, 9.17) is 0 Å². The molecule has 0 aliphatic carbocycles. The minimum absolute atomic E-state index is 0.0710. The quantitative estimate of drug-likeness (QED) is 0.596. The van der Waals surface area contributed by atoms with Gasteiger partial charge >= 0.3 is 0 Å². The van der Waals surface area contributed by atoms with E-state index in [9.17, 15) is 14.0 Å². The zero-order valence-electron chi connectivity index (χ0n) is 17.9. The fourth-order valence-electron chi connectivity index (χ4n) is 3.23. The van der Waals surface area contributed by atoms with E-state index in [0.29, 0.717) is 24.2 Å². The molecule has 0 aliphatic heterocycles. The highest BCUT2D eigenvalue weighted by Crippen LogP contribution is 2.22. The van der Waals surface area contributed by atoms with Gasteiger partial charge in [0, 0.05) is 26.3 Å². The van der Waals surface area contributed by atoms with Crippen LogP contribution in [0.4, 0.5) is 15.8 Å². The second-order valence-electron chi connectivity index (χ2n) is 7.50. The van der Waals surface area contributed by atoms with Gasteiger partial charge in [0.1, 0.15) is 5.82 Å². The number of halogens is 1. The van der Waals surface area contributed by atoms with Gasteiger partial charge in [-0.3, -0.25) is 9.59 Å². The van der Waals surface area contributed by atoms with Crippen molar-refractivity contribution in [3.8, 4) is 0 Å². The molecular weight excluding hydrogens is 393 g/mol. The van der Waals surface area contributed by atoms with Crippen LogP contribution in [-0.4, -0.2) is 32.5 Å². The zero-order chi connectivity index (χ0) is 22.4. The number of hydrogen-bond acceptors (Lipinski definition) is 3. The van der Waals surface area contributed by atoms with E-state index in [-0.39, 0.29) is 11.5 Å². The lowest BCUT2D eigenvalue weighted by atomic mass is 10.1. The van der Waals surface area contributed by atoms with Gasteiger partial charge in [0.2, 0.25) is 0 Å². The molecule has 0 saturated heterocycles. The van der Waals surface area contributed by atoms with Crippen molar-refractivity contribution < 1.29 is 14.0 Å². The molecule has 0 radical (unpaired) electrons. The summed E-state index contributed by atoms with van der Waals surface area (Å²) in [7, 11) is 3.97. The highest BCUT2D eigenvalue weighted by Gasteiger charge is 2.18. The molecule has 0 fully saturated rings. The Morgan fingerprint density at radius 1 is 0.871 bits per heavy atom. The number of carbonyl (C=O) groups excluding carboxylic acids is 2. The van der Waals surface area contributed by atoms with Gasteiger partial charge in [-0.05, 0) is 54.8 Å². The van der Waals surface area contributed by atoms with E-state index in [1.165, 1.54) is 18.2 Å². The number of aryl methyl sites for hydroxylation is 1. The van der Waals surface area contributed by atoms with Crippen LogP contribution < -0.4 is 15.5 Å². The maximum Gasteiger partial charge on any atom is 0.258 e. The lowest BCUT2D eigenvalue weighted by Crippen LogP contribution is -2.27. The van der Waals surface area contributed by atoms with Gasteiger partial charge in [-0.25, -0.2) is 4.39 Å². The maximum absolute atomic E-state index is 14.0. The Morgan fingerprint density at radius 3 is 2.23 bits per heavy atom. The van der Waals surface area contributed by atoms with E-state index in [1.807, 2.05) is 43.3 Å². The fraction of sp³-hybridized carbons (Fsp3) is 0.200. The summed E-state index contributed by atoms with van der Waals surface area (Å²) >= 11 is 0. The van der Waals surface area contributed by atoms with Crippen molar-refractivity contribution in [1.82, 2.24) is 5.32 Å². The fourth-order valence-corrected chi connectivity index (χ4v) is 3.23. The molecule has 0 atom stereocenters. The summed E-state index contributed by atoms with van der Waals surface area (Å²) in [5.74, 6) is -1.50. The molecule has 31 heavy (non-hydrogen) atoms. The molecule has 0 bridgehead atoms. The predicted molar refractivity (Wildman–Crippen MR) is 122 cm³/mol. The van der Waals surface area contributed by atoms with E-state index in [1.54, 1.807) is 31.2 Å². The predicted octanol–water partition coefficient (Wildman–Crippen LogP) is 4.42. The van der Waals surface area contributed by atoms with Gasteiger partial charge in [-0.15, -0.1) is 0 Å². The SMILES string of the molecule is Cc1cccc(C(=O)NCCc2ccc(N(C)C)cc2)c1NC(=O)c1ccccc1F. The molecule has 0 spiro atoms. The minimum Gasteiger partial charge on any atom is -0.378 e. The second kappa shape index (κ2) is 9.89. The topological polar surface area (TPSA) is 61.4 Å². The Morgan fingerprint density at radius 2 is 1.55 bits per heavy atom. The van der Waals surface area contributed by atoms with Crippen molar-refractivity contribution in [2.45, 2.75) is 13.3 Å². The molecule has 3 aromatic carbocycles. The second-order valence-corrected chi connectivity index (χ2v) is 7.50. The lowest BCUT2D eigenvalue weighted by Gasteiger charge is -2.15. The van der Waals surface area contributed by atoms with Gasteiger partial charge in [0.15, 0.2) is 0 Å². The van der Waals surface area contributed by atoms with Crippen molar-refractivity contribution >= 4 is 23.2 Å². The van der Waals surface area contributed by atoms with Gasteiger partial charge in [-0.1, -0.05) is 36.4 Å². The van der Waals surface area contributed by atoms with Crippen LogP contribution in [0, 0.1) is 12.7 Å². The molecule has 160 valence electrons. The van der Waals surface area contributed by atoms with Crippen molar-refractivity contribution in [1.29, 1.82) is 0 Å². The van der Waals surface area contributed by atoms with Crippen LogP contribution in [-0.2, 0) is 6.42 Å². The Balaban J connectivity index is 1.68. The lowest BCUT2D eigenvalue weighted by molar-refractivity contribution is 0.0955. The highest BCUT2D eigenvalue weighted by atomic mass is 19.1. The number of para-hydroxylation sites is 1. The van der Waals surface area contributed by atoms with Gasteiger partial charge in [0.25, 0.3) is 11.8 Å². The molecule has 0 aliphatic rings. The van der Waals surface area contributed by atoms with Crippen molar-refractivity contribution in [3.63, 3.8) is 0 Å². The third-order valence-corrected chi connectivity index (χ3v) is 5.03. The first-order valence-corrected chi connectivity index (χ1v) is 10.1. The maximum atomic E-state index is 14.0. The van der Waals surface area contributed by atoms with Crippen molar-refractivity contribution in [2.24, 2.45) is 0 Å². The minimum atomic E-state index is -0.611. The zero-order valence-corrected chi connectivity index (χ0v) is 17.9. The monoisotopic (exact) mass is 419 g/mol. The summed E-state index contributed by atoms with van der Waals surface area (Å²) in [6.45, 7) is 2.24. The average Bonchev–Trinajstić information content (AvgIpc) is 2.75. The molecule has 3 rings (SSSR count). The number of anilines is 2. The van der Waals surface area contributed by atoms with Crippen LogP contribution in [0.15, 0.2) is 66.7 Å². The molecule has 0 saturated carbocycles. The Hall–Kier alpha value is -3.67. The van der Waals surface area contributed by atoms with Crippen molar-refractivity contribution in [2.75, 3.05) is 30.9 Å². The summed E-state index contributed by atoms with van der Waals surface area (Å²) < 4.78 is 14.0. The summed E-state index contributed by atoms with van der Waals surface area (Å²) in [6, 6.07) is 19.1. The van der Waals surface area contributed by atoms with Gasteiger partial charge in [-0.2, -0.15) is 0 Å². The third-order valence-electron chi connectivity index (χ3n) is 5.03. The molecule has 0 aromatic heterocycles. The molecule has 0 unspecified atom stereocenters. The molecular formula is C25H26FN3O2. The Kier molecular flexibility index (Phi) is 7.03. The first-order chi connectivity index (χ1) is 14.9. The average molecular weight is 420 g/mol. The summed E-state index contributed by atoms with van der Waals surface area (Å²) in [6.07, 6.45) is 0.683. The number of nitrogens with zero attached hydrogens (tertiary/aromatic N) is 1. The standard InChI is InChI=1S/C25H26FN3O2/c1-17-7-6-9-21(23(17)28-25(31)20-8-4-5-10-22(20)26)24(30)27-16-15-18-11-13-19(14-12-18)29(2)3/h4-14H,15-16H2,1-3H3,(H,27,30)(H,28,31). The van der Waals surface area contributed by atoms with Crippen LogP contribution >= 0.6 is 0 Å². The summed E-state index contributed by atoms with van der Waals surface area (Å²) in [4.78, 5) is 27.4. The number of rotatable bonds is 7. The smallest absolute Gasteiger partial charge is 0.258 e. The first-order valence-electron chi connectivity index (χ1n) is 10.1. The molecule has 2 amide bonds. The molecule has 5 nitrogen and oxygen atoms in total. The largest absolute Gasteiger partial charge is 0.378 e. The van der Waals surface area contributed by atoms with E-state index >= 15 is 0 Å². The number of nitrogens with one attached hydrogen (secondary N) is 2. The van der Waals surface area contributed by atoms with Crippen molar-refractivity contribution in [3.05, 3.63) is 94.8 Å². The van der Waals surface area contributed by atoms with Gasteiger partial charge < -0.3 is 15.5 Å². The third kappa shape index (κ3) is 5.48. The summed E-state index contributed by atoms with van der Waals surface area (Å²) in [5, 5.41) is 5.60. The molecule has 3 aromatic rings. The Labute approximate surface area is 181 Å². The number of benzene rings is 3. The number of hydrogen-bond donors (Lipinski definition) is 2. The molecule has 2 N–H and O–H groups in total. The number of carbonyl (C=O) groups is 2. The van der Waals surface area contributed by atoms with Gasteiger partial charge in [0.05, 0.1) is 16.8 Å². The molecule has 0 heterocycles. The molecule has 6 heteroatoms. The van der Waals surface area contributed by atoms with Crippen LogP contribution in [0.5, 0.6) is 0 Å². The van der Waals surface area contributed by atoms with E-state index in [2.05, 4.69) is 10.6 Å². The summed E-state index contributed by atoms with van der Waals surface area (Å²) in [5.41, 5.74) is 3.59. The Bertz CT molecular complexity index is 1080. The van der Waals surface area contributed by atoms with Crippen LogP contribution in [0.1, 0.15) is 31.8 Å². The van der Waals surface area contributed by atoms with Crippen LogP contribution in [0.25, 0.3) is 0 Å². The van der Waals surface area contributed by atoms with E-state index in [0.717, 1.165) is 16.8 Å². The van der Waals surface area contributed by atoms with E-state index < -0.39 is 11.7 Å². The first kappa shape index (κ1) is 22.0. The number of amides is 2. The highest BCUT2D eigenvalue weighted by molar-refractivity contribution is 6.09. The van der Waals surface area contributed by atoms with Crippen LogP contribution in [0.3, 0.4) is 0 Å². The van der Waals surface area contributed by atoms with Crippen LogP contribution in [0.2, 0.25) is 0 Å².